The van der Waals surface area contributed by atoms with E-state index in [1.54, 1.807) is 0 Å². The summed E-state index contributed by atoms with van der Waals surface area (Å²) in [5.74, 6) is -1.78. The molecule has 2 aromatic heterocycles. The number of esters is 1. The number of halogens is 6. The van der Waals surface area contributed by atoms with Crippen LogP contribution < -0.4 is 0 Å². The largest absolute Gasteiger partial charge is 0.465 e. The highest BCUT2D eigenvalue weighted by Gasteiger charge is 2.62. The molecule has 0 radical (unpaired) electrons. The van der Waals surface area contributed by atoms with Gasteiger partial charge in [0.05, 0.1) is 35.5 Å². The van der Waals surface area contributed by atoms with Crippen molar-refractivity contribution in [2.24, 2.45) is 5.16 Å². The zero-order valence-corrected chi connectivity index (χ0v) is 16.9. The number of pyridine rings is 1. The van der Waals surface area contributed by atoms with Gasteiger partial charge in [-0.3, -0.25) is 4.98 Å². The van der Waals surface area contributed by atoms with Gasteiger partial charge in [0.25, 0.3) is 5.60 Å². The van der Waals surface area contributed by atoms with Crippen molar-refractivity contribution >= 4 is 45.9 Å². The van der Waals surface area contributed by atoms with Crippen molar-refractivity contribution in [3.63, 3.8) is 0 Å². The highest BCUT2D eigenvalue weighted by Crippen LogP contribution is 2.50. The maximum absolute atomic E-state index is 14.1. The average Bonchev–Trinajstić information content (AvgIpc) is 3.38. The van der Waals surface area contributed by atoms with E-state index in [0.717, 1.165) is 25.4 Å². The fraction of sp³-hybridized carbons (Fsp3) is 0.211. The van der Waals surface area contributed by atoms with Gasteiger partial charge in [0.15, 0.2) is 11.4 Å². The number of nitrogens with zero attached hydrogens (tertiary/aromatic N) is 2. The van der Waals surface area contributed by atoms with E-state index >= 15 is 0 Å². The van der Waals surface area contributed by atoms with Crippen LogP contribution in [0, 0.1) is 5.82 Å². The summed E-state index contributed by atoms with van der Waals surface area (Å²) in [6.45, 7) is 0. The predicted molar refractivity (Wildman–Crippen MR) is 102 cm³/mol. The molecule has 0 saturated carbocycles. The van der Waals surface area contributed by atoms with Gasteiger partial charge in [-0.25, -0.2) is 9.18 Å². The second-order valence-corrected chi connectivity index (χ2v) is 7.37. The molecule has 31 heavy (non-hydrogen) atoms. The van der Waals surface area contributed by atoms with Crippen LogP contribution in [0.1, 0.15) is 28.0 Å². The minimum atomic E-state index is -4.97. The molecular formula is C19H10Cl2F4N2O4. The van der Waals surface area contributed by atoms with Crippen molar-refractivity contribution < 1.29 is 36.3 Å². The monoisotopic (exact) mass is 476 g/mol. The first-order valence-electron chi connectivity index (χ1n) is 8.50. The maximum Gasteiger partial charge on any atom is 0.435 e. The third-order valence-electron chi connectivity index (χ3n) is 4.80. The first kappa shape index (κ1) is 21.4. The standard InChI is InChI=1S/C19H10Cl2F4N2O4/c1-29-17(28)10-7-26-15(9-2-3-30-16(9)10)13-6-18(31-27-13,19(23,24)25)8-4-11(20)14(22)12(21)5-8/h2-5,7H,6H2,1H3. The van der Waals surface area contributed by atoms with Crippen molar-refractivity contribution in [2.75, 3.05) is 7.11 Å². The highest BCUT2D eigenvalue weighted by molar-refractivity contribution is 6.35. The molecule has 0 saturated heterocycles. The number of fused-ring (bicyclic) bond motifs is 1. The Labute approximate surface area is 181 Å². The molecule has 4 rings (SSSR count). The highest BCUT2D eigenvalue weighted by atomic mass is 35.5. The number of ether oxygens (including phenoxy) is 1. The Bertz CT molecular complexity index is 1220. The molecule has 0 N–H and O–H groups in total. The van der Waals surface area contributed by atoms with Crippen LogP contribution in [0.4, 0.5) is 17.6 Å². The van der Waals surface area contributed by atoms with Crippen molar-refractivity contribution in [1.29, 1.82) is 0 Å². The number of carbonyl (C=O) groups is 1. The third kappa shape index (κ3) is 3.30. The van der Waals surface area contributed by atoms with E-state index in [9.17, 15) is 22.4 Å². The molecule has 0 aliphatic carbocycles. The van der Waals surface area contributed by atoms with Crippen LogP contribution >= 0.6 is 23.2 Å². The minimum Gasteiger partial charge on any atom is -0.465 e. The molecule has 162 valence electrons. The molecule has 3 aromatic rings. The number of methoxy groups -OCH3 is 1. The van der Waals surface area contributed by atoms with Gasteiger partial charge in [-0.15, -0.1) is 0 Å². The normalized spacial score (nSPS) is 18.7. The lowest BCUT2D eigenvalue weighted by Gasteiger charge is -2.29. The number of oxime groups is 1. The van der Waals surface area contributed by atoms with Crippen LogP contribution in [0.15, 0.2) is 40.2 Å². The molecule has 0 spiro atoms. The lowest BCUT2D eigenvalue weighted by molar-refractivity contribution is -0.275. The van der Waals surface area contributed by atoms with Crippen molar-refractivity contribution in [3.8, 4) is 0 Å². The van der Waals surface area contributed by atoms with Crippen LogP contribution in [0.3, 0.4) is 0 Å². The van der Waals surface area contributed by atoms with Gasteiger partial charge in [-0.05, 0) is 18.2 Å². The topological polar surface area (TPSA) is 73.9 Å². The summed E-state index contributed by atoms with van der Waals surface area (Å²) in [5, 5.41) is 2.65. The molecule has 0 fully saturated rings. The smallest absolute Gasteiger partial charge is 0.435 e. The second kappa shape index (κ2) is 7.38. The molecule has 1 aromatic carbocycles. The number of hydrogen-bond acceptors (Lipinski definition) is 6. The van der Waals surface area contributed by atoms with Crippen molar-refractivity contribution in [2.45, 2.75) is 18.2 Å². The van der Waals surface area contributed by atoms with E-state index in [1.807, 2.05) is 0 Å². The number of aromatic nitrogens is 1. The summed E-state index contributed by atoms with van der Waals surface area (Å²) >= 11 is 11.4. The van der Waals surface area contributed by atoms with Crippen LogP contribution in [0.5, 0.6) is 0 Å². The third-order valence-corrected chi connectivity index (χ3v) is 5.35. The summed E-state index contributed by atoms with van der Waals surface area (Å²) < 4.78 is 66.1. The summed E-state index contributed by atoms with van der Waals surface area (Å²) in [6, 6.07) is 3.00. The number of rotatable bonds is 3. The van der Waals surface area contributed by atoms with Gasteiger partial charge in [0, 0.05) is 17.1 Å². The first-order valence-corrected chi connectivity index (χ1v) is 9.26. The van der Waals surface area contributed by atoms with E-state index in [0.29, 0.717) is 0 Å². The van der Waals surface area contributed by atoms with Crippen LogP contribution in [0.25, 0.3) is 11.0 Å². The zero-order chi connectivity index (χ0) is 22.6. The second-order valence-electron chi connectivity index (χ2n) is 6.56. The summed E-state index contributed by atoms with van der Waals surface area (Å²) in [6.07, 6.45) is -3.42. The molecule has 6 nitrogen and oxygen atoms in total. The first-order chi connectivity index (χ1) is 14.6. The maximum atomic E-state index is 14.1. The fourth-order valence-corrected chi connectivity index (χ4v) is 3.75. The molecule has 1 unspecified atom stereocenters. The Morgan fingerprint density at radius 3 is 2.55 bits per heavy atom. The van der Waals surface area contributed by atoms with Crippen molar-refractivity contribution in [3.05, 3.63) is 63.3 Å². The SMILES string of the molecule is COC(=O)c1cnc(C2=NOC(c3cc(Cl)c(F)c(Cl)c3)(C(F)(F)F)C2)c2ccoc12. The molecular weight excluding hydrogens is 467 g/mol. The quantitative estimate of drug-likeness (QED) is 0.277. The van der Waals surface area contributed by atoms with Gasteiger partial charge in [-0.1, -0.05) is 28.4 Å². The van der Waals surface area contributed by atoms with Crippen LogP contribution in [-0.2, 0) is 15.2 Å². The molecule has 1 aliphatic heterocycles. The predicted octanol–water partition coefficient (Wildman–Crippen LogP) is 5.64. The van der Waals surface area contributed by atoms with E-state index in [1.165, 1.54) is 12.3 Å². The van der Waals surface area contributed by atoms with Gasteiger partial charge in [-0.2, -0.15) is 13.2 Å². The fourth-order valence-electron chi connectivity index (χ4n) is 3.27. The Balaban J connectivity index is 1.81. The van der Waals surface area contributed by atoms with Crippen LogP contribution in [-0.4, -0.2) is 30.0 Å². The molecule has 0 amide bonds. The number of furan rings is 1. The molecule has 1 atom stereocenters. The molecule has 3 heterocycles. The van der Waals surface area contributed by atoms with E-state index in [4.69, 9.17) is 32.5 Å². The van der Waals surface area contributed by atoms with Gasteiger partial charge in [0.1, 0.15) is 11.3 Å². The van der Waals surface area contributed by atoms with Gasteiger partial charge in [0.2, 0.25) is 0 Å². The summed E-state index contributed by atoms with van der Waals surface area (Å²) in [7, 11) is 1.16. The number of alkyl halides is 3. The lowest BCUT2D eigenvalue weighted by atomic mass is 9.87. The van der Waals surface area contributed by atoms with E-state index in [2.05, 4.69) is 14.9 Å². The number of hydrogen-bond donors (Lipinski definition) is 0. The Morgan fingerprint density at radius 1 is 1.26 bits per heavy atom. The Hall–Kier alpha value is -2.85. The molecule has 12 heteroatoms. The van der Waals surface area contributed by atoms with Crippen molar-refractivity contribution in [1.82, 2.24) is 4.98 Å². The minimum absolute atomic E-state index is 0.00931. The Kier molecular flexibility index (Phi) is 5.09. The van der Waals surface area contributed by atoms with Gasteiger partial charge < -0.3 is 14.0 Å². The summed E-state index contributed by atoms with van der Waals surface area (Å²) in [5.41, 5.74) is -3.59. The zero-order valence-electron chi connectivity index (χ0n) is 15.4. The Morgan fingerprint density at radius 2 is 1.94 bits per heavy atom. The van der Waals surface area contributed by atoms with Gasteiger partial charge >= 0.3 is 12.1 Å². The van der Waals surface area contributed by atoms with E-state index < -0.39 is 45.6 Å². The van der Waals surface area contributed by atoms with Crippen LogP contribution in [0.2, 0.25) is 10.0 Å². The average molecular weight is 477 g/mol. The number of carbonyl (C=O) groups excluding carboxylic acids is 1. The molecule has 1 aliphatic rings. The lowest BCUT2D eigenvalue weighted by Crippen LogP contribution is -2.42. The summed E-state index contributed by atoms with van der Waals surface area (Å²) in [4.78, 5) is 20.9. The number of benzene rings is 1. The molecule has 0 bridgehead atoms. The van der Waals surface area contributed by atoms with E-state index in [-0.39, 0.29) is 27.9 Å².